The number of aromatic nitrogens is 1. The SMILES string of the molecule is Cc1c(C=O)cc(F)nc1C(F)F. The van der Waals surface area contributed by atoms with E-state index in [9.17, 15) is 18.0 Å². The molecule has 0 amide bonds. The van der Waals surface area contributed by atoms with Gasteiger partial charge in [0.1, 0.15) is 5.69 Å². The predicted molar refractivity (Wildman–Crippen MR) is 39.3 cm³/mol. The summed E-state index contributed by atoms with van der Waals surface area (Å²) >= 11 is 0. The first kappa shape index (κ1) is 9.70. The summed E-state index contributed by atoms with van der Waals surface area (Å²) < 4.78 is 36.9. The van der Waals surface area contributed by atoms with Crippen LogP contribution in [0.4, 0.5) is 13.2 Å². The Morgan fingerprint density at radius 3 is 2.62 bits per heavy atom. The molecule has 0 saturated carbocycles. The number of halogens is 3. The van der Waals surface area contributed by atoms with Crippen LogP contribution >= 0.6 is 0 Å². The maximum absolute atomic E-state index is 12.6. The van der Waals surface area contributed by atoms with E-state index >= 15 is 0 Å². The standard InChI is InChI=1S/C8H6F3NO/c1-4-5(3-13)2-6(9)12-7(4)8(10)11/h2-3,8H,1H3. The molecule has 0 bridgehead atoms. The maximum Gasteiger partial charge on any atom is 0.280 e. The number of hydrogen-bond acceptors (Lipinski definition) is 2. The lowest BCUT2D eigenvalue weighted by atomic mass is 10.1. The molecule has 0 saturated heterocycles. The van der Waals surface area contributed by atoms with Crippen molar-refractivity contribution in [2.45, 2.75) is 13.3 Å². The van der Waals surface area contributed by atoms with Gasteiger partial charge in [-0.3, -0.25) is 4.79 Å². The fraction of sp³-hybridized carbons (Fsp3) is 0.250. The largest absolute Gasteiger partial charge is 0.298 e. The van der Waals surface area contributed by atoms with Crippen LogP contribution in [0.1, 0.15) is 28.0 Å². The fourth-order valence-electron chi connectivity index (χ4n) is 0.951. The zero-order valence-electron chi connectivity index (χ0n) is 6.72. The topological polar surface area (TPSA) is 30.0 Å². The Bertz CT molecular complexity index is 338. The average Bonchev–Trinajstić information content (AvgIpc) is 2.08. The van der Waals surface area contributed by atoms with Crippen molar-refractivity contribution in [2.24, 2.45) is 0 Å². The minimum Gasteiger partial charge on any atom is -0.298 e. The van der Waals surface area contributed by atoms with Gasteiger partial charge in [0.25, 0.3) is 6.43 Å². The molecule has 0 atom stereocenters. The number of aldehydes is 1. The van der Waals surface area contributed by atoms with Gasteiger partial charge in [0.05, 0.1) is 0 Å². The second-order valence-corrected chi connectivity index (χ2v) is 2.46. The molecule has 13 heavy (non-hydrogen) atoms. The Morgan fingerprint density at radius 2 is 2.15 bits per heavy atom. The molecule has 0 N–H and O–H groups in total. The summed E-state index contributed by atoms with van der Waals surface area (Å²) in [6.07, 6.45) is -2.54. The van der Waals surface area contributed by atoms with Crippen LogP contribution in [0, 0.1) is 12.9 Å². The zero-order chi connectivity index (χ0) is 10.0. The van der Waals surface area contributed by atoms with E-state index in [0.717, 1.165) is 6.07 Å². The third-order valence-corrected chi connectivity index (χ3v) is 1.65. The van der Waals surface area contributed by atoms with E-state index in [1.165, 1.54) is 6.92 Å². The van der Waals surface area contributed by atoms with Crippen LogP contribution in [-0.4, -0.2) is 11.3 Å². The molecule has 0 spiro atoms. The smallest absolute Gasteiger partial charge is 0.280 e. The van der Waals surface area contributed by atoms with Crippen molar-refractivity contribution < 1.29 is 18.0 Å². The number of nitrogens with zero attached hydrogens (tertiary/aromatic N) is 1. The summed E-state index contributed by atoms with van der Waals surface area (Å²) in [4.78, 5) is 13.3. The summed E-state index contributed by atoms with van der Waals surface area (Å²) in [5, 5.41) is 0. The van der Waals surface area contributed by atoms with Crippen LogP contribution in [0.25, 0.3) is 0 Å². The molecule has 1 aromatic rings. The maximum atomic E-state index is 12.6. The molecule has 0 aliphatic heterocycles. The minimum absolute atomic E-state index is 0.0198. The highest BCUT2D eigenvalue weighted by atomic mass is 19.3. The Morgan fingerprint density at radius 1 is 1.54 bits per heavy atom. The molecule has 0 unspecified atom stereocenters. The van der Waals surface area contributed by atoms with Gasteiger partial charge < -0.3 is 0 Å². The summed E-state index contributed by atoms with van der Waals surface area (Å²) in [6, 6.07) is 0.828. The van der Waals surface area contributed by atoms with Gasteiger partial charge in [-0.2, -0.15) is 4.39 Å². The van der Waals surface area contributed by atoms with Crippen LogP contribution in [0.3, 0.4) is 0 Å². The Labute approximate surface area is 72.4 Å². The summed E-state index contributed by atoms with van der Waals surface area (Å²) in [6.45, 7) is 1.30. The highest BCUT2D eigenvalue weighted by Crippen LogP contribution is 2.22. The molecule has 0 aromatic carbocycles. The molecule has 2 nitrogen and oxygen atoms in total. The van der Waals surface area contributed by atoms with E-state index in [-0.39, 0.29) is 11.1 Å². The normalized spacial score (nSPS) is 10.5. The number of pyridine rings is 1. The van der Waals surface area contributed by atoms with Gasteiger partial charge in [-0.05, 0) is 12.5 Å². The van der Waals surface area contributed by atoms with Gasteiger partial charge in [-0.15, -0.1) is 0 Å². The molecule has 0 radical (unpaired) electrons. The summed E-state index contributed by atoms with van der Waals surface area (Å²) in [5.74, 6) is -1.07. The molecule has 0 aliphatic carbocycles. The first-order valence-corrected chi connectivity index (χ1v) is 3.46. The van der Waals surface area contributed by atoms with Crippen LogP contribution in [0.2, 0.25) is 0 Å². The van der Waals surface area contributed by atoms with Crippen LogP contribution in [0.5, 0.6) is 0 Å². The molecule has 1 heterocycles. The second-order valence-electron chi connectivity index (χ2n) is 2.46. The minimum atomic E-state index is -2.87. The summed E-state index contributed by atoms with van der Waals surface area (Å²) in [7, 11) is 0. The molecule has 1 rings (SSSR count). The monoisotopic (exact) mass is 189 g/mol. The lowest BCUT2D eigenvalue weighted by Gasteiger charge is -2.05. The molecule has 0 fully saturated rings. The van der Waals surface area contributed by atoms with E-state index < -0.39 is 18.1 Å². The predicted octanol–water partition coefficient (Wildman–Crippen LogP) is 2.28. The van der Waals surface area contributed by atoms with Crippen LogP contribution < -0.4 is 0 Å². The Balaban J connectivity index is 3.35. The number of carbonyl (C=O) groups excluding carboxylic acids is 1. The van der Waals surface area contributed by atoms with Gasteiger partial charge in [0, 0.05) is 11.6 Å². The van der Waals surface area contributed by atoms with E-state index in [4.69, 9.17) is 0 Å². The van der Waals surface area contributed by atoms with E-state index in [0.29, 0.717) is 6.29 Å². The highest BCUT2D eigenvalue weighted by Gasteiger charge is 2.16. The van der Waals surface area contributed by atoms with Crippen molar-refractivity contribution in [3.63, 3.8) is 0 Å². The Hall–Kier alpha value is -1.39. The number of rotatable bonds is 2. The average molecular weight is 189 g/mol. The number of alkyl halides is 2. The van der Waals surface area contributed by atoms with E-state index in [1.807, 2.05) is 0 Å². The lowest BCUT2D eigenvalue weighted by Crippen LogP contribution is -2.01. The number of hydrogen-bond donors (Lipinski definition) is 0. The Kier molecular flexibility index (Phi) is 2.65. The summed E-state index contributed by atoms with van der Waals surface area (Å²) in [5.41, 5.74) is -0.753. The van der Waals surface area contributed by atoms with Crippen molar-refractivity contribution in [1.82, 2.24) is 4.98 Å². The second kappa shape index (κ2) is 3.55. The van der Waals surface area contributed by atoms with Crippen molar-refractivity contribution in [2.75, 3.05) is 0 Å². The molecular formula is C8H6F3NO. The molecule has 1 aromatic heterocycles. The van der Waals surface area contributed by atoms with Crippen molar-refractivity contribution >= 4 is 6.29 Å². The first-order valence-electron chi connectivity index (χ1n) is 3.46. The molecular weight excluding hydrogens is 183 g/mol. The third kappa shape index (κ3) is 1.85. The van der Waals surface area contributed by atoms with Gasteiger partial charge in [-0.25, -0.2) is 13.8 Å². The van der Waals surface area contributed by atoms with Gasteiger partial charge >= 0.3 is 0 Å². The van der Waals surface area contributed by atoms with Crippen LogP contribution in [-0.2, 0) is 0 Å². The van der Waals surface area contributed by atoms with E-state index in [1.54, 1.807) is 0 Å². The lowest BCUT2D eigenvalue weighted by molar-refractivity contribution is 0.112. The molecule has 70 valence electrons. The zero-order valence-corrected chi connectivity index (χ0v) is 6.72. The quantitative estimate of drug-likeness (QED) is 0.527. The highest BCUT2D eigenvalue weighted by molar-refractivity contribution is 5.77. The van der Waals surface area contributed by atoms with Crippen molar-refractivity contribution in [3.05, 3.63) is 28.8 Å². The number of carbonyl (C=O) groups is 1. The van der Waals surface area contributed by atoms with Gasteiger partial charge in [0.2, 0.25) is 5.95 Å². The first-order chi connectivity index (χ1) is 6.06. The third-order valence-electron chi connectivity index (χ3n) is 1.65. The molecule has 5 heteroatoms. The molecule has 0 aliphatic rings. The van der Waals surface area contributed by atoms with Crippen molar-refractivity contribution in [3.8, 4) is 0 Å². The van der Waals surface area contributed by atoms with Crippen LogP contribution in [0.15, 0.2) is 6.07 Å². The van der Waals surface area contributed by atoms with Crippen molar-refractivity contribution in [1.29, 1.82) is 0 Å². The van der Waals surface area contributed by atoms with Gasteiger partial charge in [0.15, 0.2) is 6.29 Å². The van der Waals surface area contributed by atoms with E-state index in [2.05, 4.69) is 4.98 Å². The van der Waals surface area contributed by atoms with Gasteiger partial charge in [-0.1, -0.05) is 0 Å². The fourth-order valence-corrected chi connectivity index (χ4v) is 0.951.